The molecule has 146 valence electrons. The first-order valence-electron chi connectivity index (χ1n) is 9.44. The van der Waals surface area contributed by atoms with E-state index in [1.54, 1.807) is 0 Å². The molecule has 2 N–H and O–H groups in total. The molecule has 3 aromatic carbocycles. The number of fused-ring (bicyclic) bond motifs is 1. The fraction of sp³-hybridized carbons (Fsp3) is 0.261. The number of benzene rings is 3. The Balaban J connectivity index is 0.00000225. The minimum absolute atomic E-state index is 0. The number of hydrogen-bond donors (Lipinski definition) is 2. The van der Waals surface area contributed by atoms with Crippen LogP contribution in [0.15, 0.2) is 72.8 Å². The Hall–Kier alpha value is -2.40. The predicted molar refractivity (Wildman–Crippen MR) is 115 cm³/mol. The molecule has 5 heteroatoms. The third-order valence-corrected chi connectivity index (χ3v) is 4.98. The van der Waals surface area contributed by atoms with Gasteiger partial charge in [0.2, 0.25) is 5.91 Å². The Bertz CT molecular complexity index is 911. The SMILES string of the molecule is Cl.O=C(CC1COCCN1)NC(c1ccccc1)c1ccc2ccccc2c1. The average molecular weight is 397 g/mol. The molecule has 0 radical (unpaired) electrons. The summed E-state index contributed by atoms with van der Waals surface area (Å²) in [5.74, 6) is 0.0278. The number of nitrogens with one attached hydrogen (secondary N) is 2. The van der Waals surface area contributed by atoms with Gasteiger partial charge >= 0.3 is 0 Å². The Morgan fingerprint density at radius 3 is 2.50 bits per heavy atom. The number of carbonyl (C=O) groups is 1. The maximum atomic E-state index is 12.7. The predicted octanol–water partition coefficient (Wildman–Crippen LogP) is 3.85. The standard InChI is InChI=1S/C23H24N2O2.ClH/c26-22(15-21-16-27-13-12-24-21)25-23(18-7-2-1-3-8-18)20-11-10-17-6-4-5-9-19(17)14-20;/h1-11,14,21,23-24H,12-13,15-16H2,(H,25,26);1H. The van der Waals surface area contributed by atoms with Crippen molar-refractivity contribution in [1.29, 1.82) is 0 Å². The monoisotopic (exact) mass is 396 g/mol. The van der Waals surface area contributed by atoms with Gasteiger partial charge in [0.1, 0.15) is 0 Å². The summed E-state index contributed by atoms with van der Waals surface area (Å²) in [7, 11) is 0. The van der Waals surface area contributed by atoms with Crippen molar-refractivity contribution in [2.24, 2.45) is 0 Å². The van der Waals surface area contributed by atoms with Gasteiger partial charge in [-0.15, -0.1) is 12.4 Å². The summed E-state index contributed by atoms with van der Waals surface area (Å²) in [6, 6.07) is 24.7. The topological polar surface area (TPSA) is 50.4 Å². The van der Waals surface area contributed by atoms with Crippen LogP contribution in [-0.2, 0) is 9.53 Å². The zero-order valence-corrected chi connectivity index (χ0v) is 16.5. The van der Waals surface area contributed by atoms with E-state index in [1.165, 1.54) is 10.8 Å². The highest BCUT2D eigenvalue weighted by Gasteiger charge is 2.21. The highest BCUT2D eigenvalue weighted by atomic mass is 35.5. The molecule has 28 heavy (non-hydrogen) atoms. The minimum atomic E-state index is -0.173. The lowest BCUT2D eigenvalue weighted by Gasteiger charge is -2.25. The van der Waals surface area contributed by atoms with Crippen molar-refractivity contribution in [2.75, 3.05) is 19.8 Å². The number of morpholine rings is 1. The van der Waals surface area contributed by atoms with Gasteiger partial charge in [0.25, 0.3) is 0 Å². The molecule has 0 aromatic heterocycles. The van der Waals surface area contributed by atoms with E-state index in [-0.39, 0.29) is 30.4 Å². The van der Waals surface area contributed by atoms with Gasteiger partial charge in [-0.25, -0.2) is 0 Å². The first kappa shape index (κ1) is 20.3. The van der Waals surface area contributed by atoms with Crippen LogP contribution in [0.25, 0.3) is 10.8 Å². The maximum absolute atomic E-state index is 12.7. The second-order valence-corrected chi connectivity index (χ2v) is 6.95. The van der Waals surface area contributed by atoms with Crippen LogP contribution < -0.4 is 10.6 Å². The molecular weight excluding hydrogens is 372 g/mol. The fourth-order valence-corrected chi connectivity index (χ4v) is 3.59. The molecule has 1 heterocycles. The number of amides is 1. The van der Waals surface area contributed by atoms with Crippen molar-refractivity contribution in [3.8, 4) is 0 Å². The van der Waals surface area contributed by atoms with E-state index in [2.05, 4.69) is 53.1 Å². The highest BCUT2D eigenvalue weighted by Crippen LogP contribution is 2.26. The molecular formula is C23H25ClN2O2. The Morgan fingerprint density at radius 1 is 1.00 bits per heavy atom. The van der Waals surface area contributed by atoms with E-state index in [1.807, 2.05) is 30.3 Å². The second-order valence-electron chi connectivity index (χ2n) is 6.95. The van der Waals surface area contributed by atoms with Gasteiger partial charge in [-0.05, 0) is 28.0 Å². The van der Waals surface area contributed by atoms with Gasteiger partial charge in [-0.1, -0.05) is 66.7 Å². The smallest absolute Gasteiger partial charge is 0.222 e. The molecule has 4 nitrogen and oxygen atoms in total. The molecule has 1 aliphatic rings. The van der Waals surface area contributed by atoms with E-state index in [0.29, 0.717) is 19.6 Å². The van der Waals surface area contributed by atoms with Crippen LogP contribution in [0.1, 0.15) is 23.6 Å². The molecule has 0 spiro atoms. The molecule has 0 bridgehead atoms. The van der Waals surface area contributed by atoms with Crippen LogP contribution in [0, 0.1) is 0 Å². The zero-order chi connectivity index (χ0) is 18.5. The van der Waals surface area contributed by atoms with Crippen molar-refractivity contribution in [3.63, 3.8) is 0 Å². The highest BCUT2D eigenvalue weighted by molar-refractivity contribution is 5.85. The lowest BCUT2D eigenvalue weighted by molar-refractivity contribution is -0.122. The van der Waals surface area contributed by atoms with Crippen LogP contribution >= 0.6 is 12.4 Å². The number of carbonyl (C=O) groups excluding carboxylic acids is 1. The van der Waals surface area contributed by atoms with Crippen molar-refractivity contribution in [3.05, 3.63) is 83.9 Å². The van der Waals surface area contributed by atoms with Gasteiger partial charge in [0.05, 0.1) is 19.3 Å². The van der Waals surface area contributed by atoms with Gasteiger partial charge in [-0.3, -0.25) is 4.79 Å². The minimum Gasteiger partial charge on any atom is -0.378 e. The molecule has 1 amide bonds. The van der Waals surface area contributed by atoms with Crippen LogP contribution in [0.5, 0.6) is 0 Å². The molecule has 3 aromatic rings. The lowest BCUT2D eigenvalue weighted by Crippen LogP contribution is -2.44. The summed E-state index contributed by atoms with van der Waals surface area (Å²) in [5.41, 5.74) is 2.16. The maximum Gasteiger partial charge on any atom is 0.222 e. The van der Waals surface area contributed by atoms with Gasteiger partial charge in [-0.2, -0.15) is 0 Å². The molecule has 1 saturated heterocycles. The number of rotatable bonds is 5. The van der Waals surface area contributed by atoms with Crippen molar-refractivity contribution >= 4 is 29.1 Å². The number of hydrogen-bond acceptors (Lipinski definition) is 3. The van der Waals surface area contributed by atoms with E-state index in [9.17, 15) is 4.79 Å². The second kappa shape index (κ2) is 9.69. The third-order valence-electron chi connectivity index (χ3n) is 4.98. The van der Waals surface area contributed by atoms with E-state index in [0.717, 1.165) is 17.7 Å². The summed E-state index contributed by atoms with van der Waals surface area (Å²) < 4.78 is 5.46. The first-order valence-corrected chi connectivity index (χ1v) is 9.44. The molecule has 0 saturated carbocycles. The molecule has 4 rings (SSSR count). The molecule has 1 aliphatic heterocycles. The molecule has 0 aliphatic carbocycles. The summed E-state index contributed by atoms with van der Waals surface area (Å²) in [6.07, 6.45) is 0.414. The van der Waals surface area contributed by atoms with Gasteiger partial charge in [0.15, 0.2) is 0 Å². The Labute approximate surface area is 171 Å². The largest absolute Gasteiger partial charge is 0.378 e. The van der Waals surface area contributed by atoms with Crippen LogP contribution in [0.3, 0.4) is 0 Å². The van der Waals surface area contributed by atoms with Gasteiger partial charge < -0.3 is 15.4 Å². The molecule has 2 unspecified atom stereocenters. The van der Waals surface area contributed by atoms with E-state index < -0.39 is 0 Å². The lowest BCUT2D eigenvalue weighted by atomic mass is 9.96. The Morgan fingerprint density at radius 2 is 1.75 bits per heavy atom. The fourth-order valence-electron chi connectivity index (χ4n) is 3.59. The third kappa shape index (κ3) is 4.90. The summed E-state index contributed by atoms with van der Waals surface area (Å²) in [5, 5.41) is 8.94. The van der Waals surface area contributed by atoms with E-state index >= 15 is 0 Å². The van der Waals surface area contributed by atoms with Crippen LogP contribution in [-0.4, -0.2) is 31.7 Å². The van der Waals surface area contributed by atoms with Crippen LogP contribution in [0.2, 0.25) is 0 Å². The van der Waals surface area contributed by atoms with Gasteiger partial charge in [0, 0.05) is 19.0 Å². The molecule has 2 atom stereocenters. The first-order chi connectivity index (χ1) is 13.3. The molecule has 1 fully saturated rings. The zero-order valence-electron chi connectivity index (χ0n) is 15.6. The Kier molecular flexibility index (Phi) is 7.04. The average Bonchev–Trinajstić information content (AvgIpc) is 2.73. The number of halogens is 1. The normalized spacial score (nSPS) is 17.5. The number of ether oxygens (including phenoxy) is 1. The quantitative estimate of drug-likeness (QED) is 0.688. The van der Waals surface area contributed by atoms with Crippen molar-refractivity contribution in [1.82, 2.24) is 10.6 Å². The van der Waals surface area contributed by atoms with E-state index in [4.69, 9.17) is 4.74 Å². The van der Waals surface area contributed by atoms with Crippen molar-refractivity contribution < 1.29 is 9.53 Å². The summed E-state index contributed by atoms with van der Waals surface area (Å²) >= 11 is 0. The van der Waals surface area contributed by atoms with Crippen molar-refractivity contribution in [2.45, 2.75) is 18.5 Å². The summed E-state index contributed by atoms with van der Waals surface area (Å²) in [4.78, 5) is 12.7. The summed E-state index contributed by atoms with van der Waals surface area (Å²) in [6.45, 7) is 2.09. The van der Waals surface area contributed by atoms with Crippen LogP contribution in [0.4, 0.5) is 0 Å².